The van der Waals surface area contributed by atoms with Crippen LogP contribution in [-0.2, 0) is 4.74 Å². The first-order valence-electron chi connectivity index (χ1n) is 7.24. The van der Waals surface area contributed by atoms with Crippen molar-refractivity contribution in [2.75, 3.05) is 19.6 Å². The number of nitrogens with zero attached hydrogens (tertiary/aromatic N) is 1. The largest absolute Gasteiger partial charge is 0.444 e. The Morgan fingerprint density at radius 3 is 2.76 bits per heavy atom. The van der Waals surface area contributed by atoms with Crippen molar-refractivity contribution in [3.05, 3.63) is 35.1 Å². The maximum Gasteiger partial charge on any atom is 0.410 e. The van der Waals surface area contributed by atoms with Gasteiger partial charge in [0, 0.05) is 19.6 Å². The van der Waals surface area contributed by atoms with Crippen LogP contribution in [0.15, 0.2) is 18.2 Å². The first-order valence-corrected chi connectivity index (χ1v) is 7.24. The van der Waals surface area contributed by atoms with Crippen LogP contribution in [0.4, 0.5) is 9.18 Å². The molecule has 116 valence electrons. The Hall–Kier alpha value is -1.62. The van der Waals surface area contributed by atoms with Gasteiger partial charge in [0.15, 0.2) is 0 Å². The highest BCUT2D eigenvalue weighted by Crippen LogP contribution is 2.25. The smallest absolute Gasteiger partial charge is 0.410 e. The molecule has 4 nitrogen and oxygen atoms in total. The summed E-state index contributed by atoms with van der Waals surface area (Å²) in [6.45, 7) is 9.24. The number of nitrogens with one attached hydrogen (secondary N) is 1. The second-order valence-electron chi connectivity index (χ2n) is 6.40. The van der Waals surface area contributed by atoms with Crippen molar-refractivity contribution in [3.63, 3.8) is 0 Å². The highest BCUT2D eigenvalue weighted by Gasteiger charge is 2.31. The summed E-state index contributed by atoms with van der Waals surface area (Å²) in [6.07, 6.45) is -0.323. The lowest BCUT2D eigenvalue weighted by Gasteiger charge is -2.37. The molecule has 0 saturated carbocycles. The van der Waals surface area contributed by atoms with Gasteiger partial charge in [-0.2, -0.15) is 0 Å². The van der Waals surface area contributed by atoms with E-state index in [4.69, 9.17) is 4.74 Å². The molecule has 1 aromatic carbocycles. The molecule has 0 spiro atoms. The predicted molar refractivity (Wildman–Crippen MR) is 79.7 cm³/mol. The first-order chi connectivity index (χ1) is 9.78. The van der Waals surface area contributed by atoms with Crippen molar-refractivity contribution in [2.24, 2.45) is 0 Å². The van der Waals surface area contributed by atoms with E-state index >= 15 is 0 Å². The Labute approximate surface area is 125 Å². The molecule has 2 rings (SSSR count). The fourth-order valence-corrected chi connectivity index (χ4v) is 2.42. The number of benzene rings is 1. The highest BCUT2D eigenvalue weighted by molar-refractivity contribution is 5.69. The second kappa shape index (κ2) is 6.02. The molecule has 0 radical (unpaired) electrons. The molecule has 1 aliphatic heterocycles. The van der Waals surface area contributed by atoms with Crippen molar-refractivity contribution in [2.45, 2.75) is 39.3 Å². The topological polar surface area (TPSA) is 41.6 Å². The third-order valence-electron chi connectivity index (χ3n) is 3.44. The molecular weight excluding hydrogens is 271 g/mol. The van der Waals surface area contributed by atoms with Crippen LogP contribution in [0.2, 0.25) is 0 Å². The number of hydrogen-bond donors (Lipinski definition) is 1. The van der Waals surface area contributed by atoms with Gasteiger partial charge in [-0.3, -0.25) is 4.90 Å². The van der Waals surface area contributed by atoms with E-state index in [1.54, 1.807) is 24.0 Å². The van der Waals surface area contributed by atoms with Crippen LogP contribution in [0.25, 0.3) is 0 Å². The van der Waals surface area contributed by atoms with Gasteiger partial charge < -0.3 is 10.1 Å². The summed E-state index contributed by atoms with van der Waals surface area (Å²) in [5, 5.41) is 3.27. The quantitative estimate of drug-likeness (QED) is 0.865. The average molecular weight is 294 g/mol. The van der Waals surface area contributed by atoms with E-state index in [2.05, 4.69) is 5.32 Å². The summed E-state index contributed by atoms with van der Waals surface area (Å²) in [4.78, 5) is 14.1. The minimum atomic E-state index is -0.523. The number of halogens is 1. The van der Waals surface area contributed by atoms with Crippen LogP contribution in [0, 0.1) is 12.7 Å². The Morgan fingerprint density at radius 1 is 1.43 bits per heavy atom. The van der Waals surface area contributed by atoms with E-state index in [-0.39, 0.29) is 18.0 Å². The van der Waals surface area contributed by atoms with Gasteiger partial charge in [-0.1, -0.05) is 12.1 Å². The lowest BCUT2D eigenvalue weighted by atomic mass is 10.0. The summed E-state index contributed by atoms with van der Waals surface area (Å²) < 4.78 is 18.9. The summed E-state index contributed by atoms with van der Waals surface area (Å²) in [6, 6.07) is 4.85. The summed E-state index contributed by atoms with van der Waals surface area (Å²) in [5.41, 5.74) is 0.986. The first kappa shape index (κ1) is 15.8. The van der Waals surface area contributed by atoms with Crippen molar-refractivity contribution in [1.29, 1.82) is 0 Å². The maximum atomic E-state index is 13.4. The number of piperazine rings is 1. The van der Waals surface area contributed by atoms with Gasteiger partial charge >= 0.3 is 6.09 Å². The normalized spacial score (nSPS) is 19.5. The van der Waals surface area contributed by atoms with Gasteiger partial charge in [0.2, 0.25) is 0 Å². The van der Waals surface area contributed by atoms with Crippen molar-refractivity contribution >= 4 is 6.09 Å². The van der Waals surface area contributed by atoms with E-state index < -0.39 is 5.60 Å². The molecule has 1 unspecified atom stereocenters. The number of hydrogen-bond acceptors (Lipinski definition) is 3. The molecule has 1 N–H and O–H groups in total. The van der Waals surface area contributed by atoms with Gasteiger partial charge in [0.1, 0.15) is 11.4 Å². The van der Waals surface area contributed by atoms with Gasteiger partial charge in [0.05, 0.1) is 6.04 Å². The molecule has 5 heteroatoms. The SMILES string of the molecule is Cc1cc(C2CNCCN2C(=O)OC(C)(C)C)ccc1F. The van der Waals surface area contributed by atoms with Crippen LogP contribution in [-0.4, -0.2) is 36.2 Å². The molecule has 0 aliphatic carbocycles. The minimum Gasteiger partial charge on any atom is -0.444 e. The standard InChI is InChI=1S/C16H23FN2O2/c1-11-9-12(5-6-13(11)17)14-10-18-7-8-19(14)15(20)21-16(2,3)4/h5-6,9,14,18H,7-8,10H2,1-4H3. The van der Waals surface area contributed by atoms with E-state index in [1.165, 1.54) is 6.07 Å². The zero-order valence-corrected chi connectivity index (χ0v) is 13.1. The molecule has 1 aromatic rings. The van der Waals surface area contributed by atoms with E-state index in [0.717, 1.165) is 12.1 Å². The zero-order valence-electron chi connectivity index (χ0n) is 13.1. The van der Waals surface area contributed by atoms with Gasteiger partial charge in [0.25, 0.3) is 0 Å². The van der Waals surface area contributed by atoms with Crippen LogP contribution in [0.5, 0.6) is 0 Å². The van der Waals surface area contributed by atoms with Crippen LogP contribution in [0.1, 0.15) is 37.9 Å². The second-order valence-corrected chi connectivity index (χ2v) is 6.40. The van der Waals surface area contributed by atoms with Crippen LogP contribution < -0.4 is 5.32 Å². The molecule has 1 saturated heterocycles. The van der Waals surface area contributed by atoms with E-state index in [1.807, 2.05) is 20.8 Å². The maximum absolute atomic E-state index is 13.4. The molecule has 1 heterocycles. The molecule has 0 bridgehead atoms. The summed E-state index contributed by atoms with van der Waals surface area (Å²) >= 11 is 0. The van der Waals surface area contributed by atoms with Gasteiger partial charge in [-0.15, -0.1) is 0 Å². The molecular formula is C16H23FN2O2. The zero-order chi connectivity index (χ0) is 15.6. The third kappa shape index (κ3) is 3.94. The number of carbonyl (C=O) groups is 1. The lowest BCUT2D eigenvalue weighted by Crippen LogP contribution is -2.50. The lowest BCUT2D eigenvalue weighted by molar-refractivity contribution is 0.0118. The predicted octanol–water partition coefficient (Wildman–Crippen LogP) is 3.02. The Kier molecular flexibility index (Phi) is 4.52. The monoisotopic (exact) mass is 294 g/mol. The summed E-state index contributed by atoms with van der Waals surface area (Å²) in [7, 11) is 0. The summed E-state index contributed by atoms with van der Waals surface area (Å²) in [5.74, 6) is -0.230. The van der Waals surface area contributed by atoms with Crippen molar-refractivity contribution < 1.29 is 13.9 Å². The molecule has 1 atom stereocenters. The van der Waals surface area contributed by atoms with Gasteiger partial charge in [-0.05, 0) is 44.9 Å². The highest BCUT2D eigenvalue weighted by atomic mass is 19.1. The average Bonchev–Trinajstić information content (AvgIpc) is 2.40. The van der Waals surface area contributed by atoms with Crippen LogP contribution in [0.3, 0.4) is 0 Å². The number of carbonyl (C=O) groups excluding carboxylic acids is 1. The Balaban J connectivity index is 2.22. The fraction of sp³-hybridized carbons (Fsp3) is 0.562. The molecule has 1 amide bonds. The molecule has 1 aliphatic rings. The van der Waals surface area contributed by atoms with Crippen molar-refractivity contribution in [1.82, 2.24) is 10.2 Å². The Bertz CT molecular complexity index is 525. The number of aryl methyl sites for hydroxylation is 1. The van der Waals surface area contributed by atoms with E-state index in [9.17, 15) is 9.18 Å². The fourth-order valence-electron chi connectivity index (χ4n) is 2.42. The van der Waals surface area contributed by atoms with Crippen molar-refractivity contribution in [3.8, 4) is 0 Å². The number of ether oxygens (including phenoxy) is 1. The number of rotatable bonds is 1. The van der Waals surface area contributed by atoms with E-state index in [0.29, 0.717) is 18.7 Å². The number of amides is 1. The minimum absolute atomic E-state index is 0.132. The van der Waals surface area contributed by atoms with Crippen LogP contribution >= 0.6 is 0 Å². The third-order valence-corrected chi connectivity index (χ3v) is 3.44. The van der Waals surface area contributed by atoms with Gasteiger partial charge in [-0.25, -0.2) is 9.18 Å². The molecule has 1 fully saturated rings. The Morgan fingerprint density at radius 2 is 2.14 bits per heavy atom. The molecule has 21 heavy (non-hydrogen) atoms. The molecule has 0 aromatic heterocycles.